The molecule has 2 aromatic heterocycles. The van der Waals surface area contributed by atoms with Crippen LogP contribution in [0.15, 0.2) is 11.0 Å². The van der Waals surface area contributed by atoms with Gasteiger partial charge in [0.25, 0.3) is 5.91 Å². The Labute approximate surface area is 139 Å². The van der Waals surface area contributed by atoms with Gasteiger partial charge in [-0.25, -0.2) is 0 Å². The fraction of sp³-hybridized carbons (Fsp3) is 0.385. The van der Waals surface area contributed by atoms with Crippen LogP contribution in [0.1, 0.15) is 16.6 Å². The highest BCUT2D eigenvalue weighted by molar-refractivity contribution is 5.98. The van der Waals surface area contributed by atoms with E-state index in [1.807, 2.05) is 0 Å². The number of nitrogen functional groups attached to an aromatic ring is 2. The van der Waals surface area contributed by atoms with E-state index in [1.165, 1.54) is 0 Å². The van der Waals surface area contributed by atoms with Gasteiger partial charge in [-0.1, -0.05) is 0 Å². The molecule has 0 aromatic carbocycles. The predicted octanol–water partition coefficient (Wildman–Crippen LogP) is -3.33. The summed E-state index contributed by atoms with van der Waals surface area (Å²) in [6.07, 6.45) is -4.22. The number of primary amides is 1. The molecule has 1 fully saturated rings. The van der Waals surface area contributed by atoms with Gasteiger partial charge in [-0.05, 0) is 0 Å². The van der Waals surface area contributed by atoms with Crippen molar-refractivity contribution < 1.29 is 24.9 Å². The highest BCUT2D eigenvalue weighted by atomic mass is 16.6. The number of nitrogens with two attached hydrogens (primary N) is 3. The number of carbonyl (C=O) groups excluding carboxylic acids is 1. The molecule has 1 saturated heterocycles. The second kappa shape index (κ2) is 5.93. The van der Waals surface area contributed by atoms with E-state index < -0.39 is 48.0 Å². The van der Waals surface area contributed by atoms with Crippen molar-refractivity contribution in [1.29, 1.82) is 0 Å². The van der Waals surface area contributed by atoms with Gasteiger partial charge in [-0.15, -0.1) is 0 Å². The van der Waals surface area contributed by atoms with Crippen molar-refractivity contribution >= 4 is 28.7 Å². The Morgan fingerprint density at radius 2 is 1.96 bits per heavy atom. The molecule has 4 atom stereocenters. The molecule has 25 heavy (non-hydrogen) atoms. The smallest absolute Gasteiger partial charge is 0.254 e. The maximum absolute atomic E-state index is 12.4. The zero-order valence-electron chi connectivity index (χ0n) is 12.7. The van der Waals surface area contributed by atoms with Crippen molar-refractivity contribution in [1.82, 2.24) is 14.5 Å². The third-order valence-corrected chi connectivity index (χ3v) is 3.98. The average molecular weight is 352 g/mol. The van der Waals surface area contributed by atoms with Crippen molar-refractivity contribution in [3.05, 3.63) is 22.0 Å². The van der Waals surface area contributed by atoms with Crippen LogP contribution in [-0.2, 0) is 4.74 Å². The number of nitrogens with zero attached hydrogens (tertiary/aromatic N) is 3. The molecular formula is C13H16N6O6. The molecule has 12 nitrogen and oxygen atoms in total. The Kier molecular flexibility index (Phi) is 4.04. The minimum absolute atomic E-state index is 0.116. The first-order valence-corrected chi connectivity index (χ1v) is 7.16. The summed E-state index contributed by atoms with van der Waals surface area (Å²) >= 11 is 0. The van der Waals surface area contributed by atoms with Crippen LogP contribution < -0.4 is 22.6 Å². The zero-order chi connectivity index (χ0) is 18.5. The molecule has 0 aliphatic carbocycles. The molecule has 0 saturated carbocycles. The van der Waals surface area contributed by atoms with Crippen LogP contribution in [0.5, 0.6) is 0 Å². The summed E-state index contributed by atoms with van der Waals surface area (Å²) in [4.78, 5) is 31.6. The number of anilines is 2. The van der Waals surface area contributed by atoms with E-state index in [0.717, 1.165) is 10.8 Å². The number of carbonyl (C=O) groups is 1. The molecule has 0 unspecified atom stereocenters. The highest BCUT2D eigenvalue weighted by Gasteiger charge is 2.44. The van der Waals surface area contributed by atoms with E-state index in [2.05, 4.69) is 9.97 Å². The zero-order valence-corrected chi connectivity index (χ0v) is 12.7. The molecule has 2 aromatic rings. The molecule has 1 aliphatic heterocycles. The van der Waals surface area contributed by atoms with Crippen LogP contribution in [0.2, 0.25) is 0 Å². The second-order valence-electron chi connectivity index (χ2n) is 5.54. The van der Waals surface area contributed by atoms with Gasteiger partial charge >= 0.3 is 0 Å². The summed E-state index contributed by atoms with van der Waals surface area (Å²) in [6.45, 7) is -0.561. The van der Waals surface area contributed by atoms with Crippen LogP contribution in [0.25, 0.3) is 11.0 Å². The van der Waals surface area contributed by atoms with Gasteiger partial charge in [0.1, 0.15) is 35.1 Å². The Bertz CT molecular complexity index is 914. The summed E-state index contributed by atoms with van der Waals surface area (Å²) in [5, 5.41) is 29.1. The predicted molar refractivity (Wildman–Crippen MR) is 84.2 cm³/mol. The minimum Gasteiger partial charge on any atom is -0.394 e. The standard InChI is InChI=1S/C13H16N6O6/c14-9-5-6(21)3(10(15)24)1-19(11(5)18-13(16)17-9)12-8(23)7(22)4(2-20)25-12/h1,4,7-8,12,20,22-23H,2H2,(H2,15,24)(H4,14,16,17,18)/t4-,7+,8-,12+/m0/s1. The number of amides is 1. The molecule has 12 heteroatoms. The number of rotatable bonds is 3. The topological polar surface area (TPSA) is 213 Å². The van der Waals surface area contributed by atoms with E-state index in [1.54, 1.807) is 0 Å². The Balaban J connectivity index is 2.33. The summed E-state index contributed by atoms with van der Waals surface area (Å²) in [6, 6.07) is 0. The number of fused-ring (bicyclic) bond motifs is 1. The maximum atomic E-state index is 12.4. The molecule has 3 heterocycles. The summed E-state index contributed by atoms with van der Waals surface area (Å²) in [5.41, 5.74) is 15.1. The first-order valence-electron chi connectivity index (χ1n) is 7.16. The first-order chi connectivity index (χ1) is 11.8. The van der Waals surface area contributed by atoms with Gasteiger partial charge in [-0.3, -0.25) is 9.59 Å². The van der Waals surface area contributed by atoms with Gasteiger partial charge in [0.05, 0.1) is 6.61 Å². The third-order valence-electron chi connectivity index (χ3n) is 3.98. The van der Waals surface area contributed by atoms with Crippen LogP contribution in [-0.4, -0.2) is 60.7 Å². The van der Waals surface area contributed by atoms with Crippen molar-refractivity contribution in [3.63, 3.8) is 0 Å². The summed E-state index contributed by atoms with van der Waals surface area (Å²) < 4.78 is 6.51. The third kappa shape index (κ3) is 2.56. The summed E-state index contributed by atoms with van der Waals surface area (Å²) in [7, 11) is 0. The fourth-order valence-corrected chi connectivity index (χ4v) is 2.76. The van der Waals surface area contributed by atoms with E-state index in [9.17, 15) is 24.9 Å². The molecular weight excluding hydrogens is 336 g/mol. The normalized spacial score (nSPS) is 26.2. The highest BCUT2D eigenvalue weighted by Crippen LogP contribution is 2.31. The Morgan fingerprint density at radius 1 is 1.28 bits per heavy atom. The van der Waals surface area contributed by atoms with E-state index in [4.69, 9.17) is 21.9 Å². The van der Waals surface area contributed by atoms with Crippen LogP contribution in [0.4, 0.5) is 11.8 Å². The largest absolute Gasteiger partial charge is 0.394 e. The molecule has 0 spiro atoms. The monoisotopic (exact) mass is 352 g/mol. The molecule has 1 aliphatic rings. The lowest BCUT2D eigenvalue weighted by molar-refractivity contribution is -0.0511. The number of pyridine rings is 1. The number of aliphatic hydroxyl groups is 3. The fourth-order valence-electron chi connectivity index (χ4n) is 2.76. The minimum atomic E-state index is -1.49. The van der Waals surface area contributed by atoms with E-state index >= 15 is 0 Å². The van der Waals surface area contributed by atoms with Crippen molar-refractivity contribution in [2.45, 2.75) is 24.5 Å². The van der Waals surface area contributed by atoms with Crippen LogP contribution >= 0.6 is 0 Å². The number of hydrogen-bond acceptors (Lipinski definition) is 10. The van der Waals surface area contributed by atoms with Gasteiger partial charge in [0.2, 0.25) is 11.4 Å². The number of aromatic nitrogens is 3. The molecule has 9 N–H and O–H groups in total. The first kappa shape index (κ1) is 17.0. The SMILES string of the molecule is NC(=O)c1cn([C@@H]2O[C@@H](CO)[C@@H](O)[C@@H]2O)c2nc(N)nc(N)c2c1=O. The quantitative estimate of drug-likeness (QED) is 0.323. The van der Waals surface area contributed by atoms with E-state index in [0.29, 0.717) is 0 Å². The lowest BCUT2D eigenvalue weighted by atomic mass is 10.1. The lowest BCUT2D eigenvalue weighted by Gasteiger charge is -2.21. The number of hydrogen-bond donors (Lipinski definition) is 6. The van der Waals surface area contributed by atoms with Gasteiger partial charge in [-0.2, -0.15) is 9.97 Å². The van der Waals surface area contributed by atoms with Crippen LogP contribution in [0, 0.1) is 0 Å². The second-order valence-corrected chi connectivity index (χ2v) is 5.54. The van der Waals surface area contributed by atoms with Crippen molar-refractivity contribution in [3.8, 4) is 0 Å². The molecule has 134 valence electrons. The number of aliphatic hydroxyl groups excluding tert-OH is 3. The summed E-state index contributed by atoms with van der Waals surface area (Å²) in [5.74, 6) is -1.57. The Hall–Kier alpha value is -2.80. The molecule has 0 bridgehead atoms. The Morgan fingerprint density at radius 3 is 2.52 bits per heavy atom. The van der Waals surface area contributed by atoms with Crippen LogP contribution in [0.3, 0.4) is 0 Å². The van der Waals surface area contributed by atoms with Gasteiger partial charge in [0, 0.05) is 6.20 Å². The van der Waals surface area contributed by atoms with Gasteiger partial charge in [0.15, 0.2) is 11.9 Å². The van der Waals surface area contributed by atoms with E-state index in [-0.39, 0.29) is 22.8 Å². The number of ether oxygens (including phenoxy) is 1. The molecule has 1 amide bonds. The van der Waals surface area contributed by atoms with Gasteiger partial charge < -0.3 is 41.8 Å². The molecule has 3 rings (SSSR count). The van der Waals surface area contributed by atoms with Crippen molar-refractivity contribution in [2.75, 3.05) is 18.1 Å². The van der Waals surface area contributed by atoms with Crippen molar-refractivity contribution in [2.24, 2.45) is 5.73 Å². The lowest BCUT2D eigenvalue weighted by Crippen LogP contribution is -2.34. The average Bonchev–Trinajstić information content (AvgIpc) is 2.82. The maximum Gasteiger partial charge on any atom is 0.254 e. The molecule has 0 radical (unpaired) electrons.